The fourth-order valence-electron chi connectivity index (χ4n) is 6.68. The zero-order valence-electron chi connectivity index (χ0n) is 25.3. The molecule has 7 aromatic rings. The molecule has 0 saturated carbocycles. The molecule has 0 atom stereocenters. The Hall–Kier alpha value is -5.67. The van der Waals surface area contributed by atoms with Gasteiger partial charge in [-0.15, -0.1) is 0 Å². The predicted molar refractivity (Wildman–Crippen MR) is 185 cm³/mol. The third-order valence-corrected chi connectivity index (χ3v) is 8.95. The summed E-state index contributed by atoms with van der Waals surface area (Å²) < 4.78 is 0. The van der Waals surface area contributed by atoms with Crippen molar-refractivity contribution in [1.82, 2.24) is 15.0 Å². The Labute approximate surface area is 264 Å². The average Bonchev–Trinajstić information content (AvgIpc) is 3.35. The zero-order valence-corrected chi connectivity index (χ0v) is 25.3. The standard InChI is InChI=1S/C42H31N3/c1-42(2)37-19-10-9-16-35(37)36-18-11-17-34(38(36)42)30-24-20-28(21-25-30)29-22-26-33(27-23-29)41-44-39(31-12-5-3-6-13-31)43-40(45-41)32-14-7-4-8-15-32/h3-27H,1-2H3. The van der Waals surface area contributed by atoms with Crippen molar-refractivity contribution in [3.8, 4) is 67.5 Å². The van der Waals surface area contributed by atoms with Gasteiger partial charge in [0.25, 0.3) is 0 Å². The van der Waals surface area contributed by atoms with Crippen LogP contribution in [0.4, 0.5) is 0 Å². The van der Waals surface area contributed by atoms with E-state index in [0.717, 1.165) is 22.3 Å². The van der Waals surface area contributed by atoms with E-state index in [0.29, 0.717) is 17.5 Å². The van der Waals surface area contributed by atoms with Crippen molar-refractivity contribution in [1.29, 1.82) is 0 Å². The van der Waals surface area contributed by atoms with Gasteiger partial charge in [0.2, 0.25) is 0 Å². The van der Waals surface area contributed by atoms with E-state index in [1.165, 1.54) is 38.9 Å². The number of fused-ring (bicyclic) bond motifs is 3. The van der Waals surface area contributed by atoms with Crippen LogP contribution in [0.25, 0.3) is 67.5 Å². The van der Waals surface area contributed by atoms with E-state index in [1.54, 1.807) is 0 Å². The molecular formula is C42H31N3. The molecule has 0 N–H and O–H groups in total. The lowest BCUT2D eigenvalue weighted by atomic mass is 9.79. The summed E-state index contributed by atoms with van der Waals surface area (Å²) in [5, 5.41) is 0. The topological polar surface area (TPSA) is 38.7 Å². The van der Waals surface area contributed by atoms with Crippen LogP contribution in [0.15, 0.2) is 152 Å². The van der Waals surface area contributed by atoms with E-state index in [2.05, 4.69) is 105 Å². The molecule has 0 bridgehead atoms. The Balaban J connectivity index is 1.12. The van der Waals surface area contributed by atoms with Crippen LogP contribution in [0.5, 0.6) is 0 Å². The quantitative estimate of drug-likeness (QED) is 0.204. The number of rotatable bonds is 5. The number of nitrogens with zero attached hydrogens (tertiary/aromatic N) is 3. The minimum atomic E-state index is -0.0488. The number of hydrogen-bond acceptors (Lipinski definition) is 3. The van der Waals surface area contributed by atoms with Gasteiger partial charge in [-0.1, -0.05) is 166 Å². The van der Waals surface area contributed by atoms with Gasteiger partial charge in [-0.2, -0.15) is 0 Å². The van der Waals surface area contributed by atoms with Crippen LogP contribution in [0.3, 0.4) is 0 Å². The van der Waals surface area contributed by atoms with Crippen molar-refractivity contribution in [2.45, 2.75) is 19.3 Å². The molecule has 6 aromatic carbocycles. The van der Waals surface area contributed by atoms with Crippen LogP contribution in [-0.2, 0) is 5.41 Å². The highest BCUT2D eigenvalue weighted by molar-refractivity contribution is 5.88. The molecule has 3 heteroatoms. The van der Waals surface area contributed by atoms with Crippen LogP contribution in [0.2, 0.25) is 0 Å². The van der Waals surface area contributed by atoms with Crippen LogP contribution in [0.1, 0.15) is 25.0 Å². The van der Waals surface area contributed by atoms with Crippen LogP contribution in [-0.4, -0.2) is 15.0 Å². The first kappa shape index (κ1) is 26.9. The van der Waals surface area contributed by atoms with Crippen molar-refractivity contribution in [2.75, 3.05) is 0 Å². The van der Waals surface area contributed by atoms with E-state index >= 15 is 0 Å². The summed E-state index contributed by atoms with van der Waals surface area (Å²) in [6.45, 7) is 4.68. The Morgan fingerprint density at radius 3 is 1.29 bits per heavy atom. The Morgan fingerprint density at radius 1 is 0.333 bits per heavy atom. The highest BCUT2D eigenvalue weighted by Crippen LogP contribution is 2.52. The largest absolute Gasteiger partial charge is 0.208 e. The lowest BCUT2D eigenvalue weighted by molar-refractivity contribution is 0.662. The molecule has 8 rings (SSSR count). The highest BCUT2D eigenvalue weighted by atomic mass is 15.0. The molecule has 0 spiro atoms. The normalized spacial score (nSPS) is 12.8. The summed E-state index contributed by atoms with van der Waals surface area (Å²) in [5.41, 5.74) is 13.2. The maximum atomic E-state index is 4.88. The van der Waals surface area contributed by atoms with Gasteiger partial charge in [0.05, 0.1) is 0 Å². The van der Waals surface area contributed by atoms with E-state index in [4.69, 9.17) is 15.0 Å². The van der Waals surface area contributed by atoms with Gasteiger partial charge in [0.15, 0.2) is 17.5 Å². The average molecular weight is 578 g/mol. The first-order valence-corrected chi connectivity index (χ1v) is 15.4. The van der Waals surface area contributed by atoms with Gasteiger partial charge >= 0.3 is 0 Å². The molecule has 0 radical (unpaired) electrons. The maximum Gasteiger partial charge on any atom is 0.164 e. The van der Waals surface area contributed by atoms with Gasteiger partial charge in [-0.3, -0.25) is 0 Å². The zero-order chi connectivity index (χ0) is 30.4. The number of aromatic nitrogens is 3. The second-order valence-corrected chi connectivity index (χ2v) is 12.1. The lowest BCUT2D eigenvalue weighted by Crippen LogP contribution is -2.16. The molecule has 0 aliphatic heterocycles. The molecule has 0 amide bonds. The minimum Gasteiger partial charge on any atom is -0.208 e. The first-order chi connectivity index (χ1) is 22.1. The van der Waals surface area contributed by atoms with Gasteiger partial charge in [-0.05, 0) is 44.5 Å². The molecule has 214 valence electrons. The predicted octanol–water partition coefficient (Wildman–Crippen LogP) is 10.5. The van der Waals surface area contributed by atoms with E-state index in [-0.39, 0.29) is 5.41 Å². The molecule has 0 saturated heterocycles. The molecule has 3 nitrogen and oxygen atoms in total. The van der Waals surface area contributed by atoms with E-state index < -0.39 is 0 Å². The van der Waals surface area contributed by atoms with Crippen LogP contribution < -0.4 is 0 Å². The SMILES string of the molecule is CC1(C)c2ccccc2-c2cccc(-c3ccc(-c4ccc(-c5nc(-c6ccccc6)nc(-c6ccccc6)n5)cc4)cc3)c21. The van der Waals surface area contributed by atoms with E-state index in [1.807, 2.05) is 60.7 Å². The molecule has 1 heterocycles. The summed E-state index contributed by atoms with van der Waals surface area (Å²) in [5.74, 6) is 1.99. The summed E-state index contributed by atoms with van der Waals surface area (Å²) >= 11 is 0. The molecular weight excluding hydrogens is 546 g/mol. The van der Waals surface area contributed by atoms with Crippen molar-refractivity contribution in [3.63, 3.8) is 0 Å². The van der Waals surface area contributed by atoms with Crippen molar-refractivity contribution in [3.05, 3.63) is 163 Å². The lowest BCUT2D eigenvalue weighted by Gasteiger charge is -2.24. The van der Waals surface area contributed by atoms with Crippen molar-refractivity contribution >= 4 is 0 Å². The van der Waals surface area contributed by atoms with Crippen molar-refractivity contribution < 1.29 is 0 Å². The third kappa shape index (κ3) is 4.74. The third-order valence-electron chi connectivity index (χ3n) is 8.95. The molecule has 1 aliphatic rings. The number of benzene rings is 6. The second kappa shape index (κ2) is 10.8. The van der Waals surface area contributed by atoms with Gasteiger partial charge < -0.3 is 0 Å². The van der Waals surface area contributed by atoms with Gasteiger partial charge in [-0.25, -0.2) is 15.0 Å². The summed E-state index contributed by atoms with van der Waals surface area (Å²) in [6.07, 6.45) is 0. The summed E-state index contributed by atoms with van der Waals surface area (Å²) in [7, 11) is 0. The first-order valence-electron chi connectivity index (χ1n) is 15.4. The molecule has 0 unspecified atom stereocenters. The number of hydrogen-bond donors (Lipinski definition) is 0. The molecule has 0 fully saturated rings. The Bertz CT molecular complexity index is 2090. The van der Waals surface area contributed by atoms with E-state index in [9.17, 15) is 0 Å². The smallest absolute Gasteiger partial charge is 0.164 e. The summed E-state index contributed by atoms with van der Waals surface area (Å²) in [6, 6.07) is 53.1. The van der Waals surface area contributed by atoms with Crippen molar-refractivity contribution in [2.24, 2.45) is 0 Å². The Kier molecular flexibility index (Phi) is 6.46. The Morgan fingerprint density at radius 2 is 0.733 bits per heavy atom. The molecule has 1 aliphatic carbocycles. The van der Waals surface area contributed by atoms with Gasteiger partial charge in [0, 0.05) is 22.1 Å². The fraction of sp³-hybridized carbons (Fsp3) is 0.0714. The minimum absolute atomic E-state index is 0.0488. The van der Waals surface area contributed by atoms with Crippen LogP contribution in [0, 0.1) is 0 Å². The van der Waals surface area contributed by atoms with Gasteiger partial charge in [0.1, 0.15) is 0 Å². The second-order valence-electron chi connectivity index (χ2n) is 12.1. The summed E-state index contributed by atoms with van der Waals surface area (Å²) in [4.78, 5) is 14.6. The maximum absolute atomic E-state index is 4.88. The van der Waals surface area contributed by atoms with Crippen LogP contribution >= 0.6 is 0 Å². The molecule has 1 aromatic heterocycles. The fourth-order valence-corrected chi connectivity index (χ4v) is 6.68. The monoisotopic (exact) mass is 577 g/mol. The molecule has 45 heavy (non-hydrogen) atoms. The highest BCUT2D eigenvalue weighted by Gasteiger charge is 2.37.